The van der Waals surface area contributed by atoms with Gasteiger partial charge in [0.25, 0.3) is 0 Å². The van der Waals surface area contributed by atoms with E-state index < -0.39 is 0 Å². The van der Waals surface area contributed by atoms with Crippen molar-refractivity contribution in [3.05, 3.63) is 24.4 Å². The van der Waals surface area contributed by atoms with Crippen molar-refractivity contribution >= 4 is 5.82 Å². The second-order valence-electron chi connectivity index (χ2n) is 9.33. The maximum absolute atomic E-state index is 6.78. The number of hydrogen-bond donors (Lipinski definition) is 0. The lowest BCUT2D eigenvalue weighted by Crippen LogP contribution is -2.57. The number of aromatic nitrogens is 1. The highest BCUT2D eigenvalue weighted by molar-refractivity contribution is 5.38. The molecule has 2 saturated heterocycles. The molecule has 2 unspecified atom stereocenters. The Bertz CT molecular complexity index is 618. The molecule has 28 heavy (non-hydrogen) atoms. The van der Waals surface area contributed by atoms with Crippen LogP contribution in [-0.2, 0) is 9.47 Å². The normalized spacial score (nSPS) is 36.6. The van der Waals surface area contributed by atoms with E-state index in [0.717, 1.165) is 50.9 Å². The zero-order valence-corrected chi connectivity index (χ0v) is 17.1. The van der Waals surface area contributed by atoms with Gasteiger partial charge in [-0.25, -0.2) is 4.98 Å². The van der Waals surface area contributed by atoms with Crippen LogP contribution in [0.2, 0.25) is 0 Å². The van der Waals surface area contributed by atoms with Crippen molar-refractivity contribution in [2.75, 3.05) is 44.2 Å². The van der Waals surface area contributed by atoms with Crippen molar-refractivity contribution in [1.82, 2.24) is 9.88 Å². The molecule has 0 aromatic carbocycles. The van der Waals surface area contributed by atoms with Gasteiger partial charge in [-0.3, -0.25) is 4.90 Å². The summed E-state index contributed by atoms with van der Waals surface area (Å²) in [6, 6.07) is 6.21. The highest BCUT2D eigenvalue weighted by Gasteiger charge is 2.50. The lowest BCUT2D eigenvalue weighted by atomic mass is 9.61. The summed E-state index contributed by atoms with van der Waals surface area (Å²) in [5.74, 6) is 2.72. The number of ether oxygens (including phenoxy) is 2. The van der Waals surface area contributed by atoms with Gasteiger partial charge in [-0.1, -0.05) is 6.07 Å². The van der Waals surface area contributed by atoms with E-state index in [9.17, 15) is 0 Å². The van der Waals surface area contributed by atoms with E-state index in [4.69, 9.17) is 9.47 Å². The summed E-state index contributed by atoms with van der Waals surface area (Å²) in [7, 11) is 0. The number of pyridine rings is 1. The molecule has 3 aliphatic carbocycles. The van der Waals surface area contributed by atoms with Crippen LogP contribution in [0, 0.1) is 11.8 Å². The van der Waals surface area contributed by atoms with E-state index >= 15 is 0 Å². The molecular weight excluding hydrogens is 350 g/mol. The second-order valence-corrected chi connectivity index (χ2v) is 9.33. The SMILES string of the molecule is c1ccc(N2CCN(CC3CC4CCC3(OC3CCCCO3)CC4)CC2)nc1. The summed E-state index contributed by atoms with van der Waals surface area (Å²) in [6.07, 6.45) is 12.0. The molecule has 1 aromatic heterocycles. The van der Waals surface area contributed by atoms with Crippen LogP contribution in [0.3, 0.4) is 0 Å². The lowest BCUT2D eigenvalue weighted by molar-refractivity contribution is -0.265. The predicted molar refractivity (Wildman–Crippen MR) is 110 cm³/mol. The minimum absolute atomic E-state index is 0.0481. The molecule has 154 valence electrons. The lowest BCUT2D eigenvalue weighted by Gasteiger charge is -2.54. The fourth-order valence-electron chi connectivity index (χ4n) is 5.96. The molecule has 6 rings (SSSR count). The van der Waals surface area contributed by atoms with Gasteiger partial charge in [0.1, 0.15) is 5.82 Å². The molecule has 5 nitrogen and oxygen atoms in total. The zero-order valence-electron chi connectivity index (χ0n) is 17.1. The molecule has 2 atom stereocenters. The van der Waals surface area contributed by atoms with Gasteiger partial charge in [0.2, 0.25) is 0 Å². The van der Waals surface area contributed by atoms with Gasteiger partial charge in [0, 0.05) is 51.4 Å². The average molecular weight is 386 g/mol. The molecule has 3 saturated carbocycles. The van der Waals surface area contributed by atoms with Gasteiger partial charge in [-0.15, -0.1) is 0 Å². The Morgan fingerprint density at radius 3 is 2.64 bits per heavy atom. The second kappa shape index (κ2) is 8.29. The first-order valence-electron chi connectivity index (χ1n) is 11.5. The molecule has 0 radical (unpaired) electrons. The van der Waals surface area contributed by atoms with E-state index in [2.05, 4.69) is 26.9 Å². The van der Waals surface area contributed by atoms with Gasteiger partial charge in [-0.05, 0) is 69.4 Å². The number of rotatable bonds is 5. The van der Waals surface area contributed by atoms with Gasteiger partial charge < -0.3 is 14.4 Å². The number of anilines is 1. The Hall–Kier alpha value is -1.17. The molecule has 5 heteroatoms. The summed E-state index contributed by atoms with van der Waals surface area (Å²) in [5, 5.41) is 0. The number of piperazine rings is 1. The number of hydrogen-bond acceptors (Lipinski definition) is 5. The van der Waals surface area contributed by atoms with Gasteiger partial charge in [0.15, 0.2) is 6.29 Å². The smallest absolute Gasteiger partial charge is 0.158 e. The third-order valence-corrected chi connectivity index (χ3v) is 7.64. The van der Waals surface area contributed by atoms with E-state index in [-0.39, 0.29) is 11.9 Å². The summed E-state index contributed by atoms with van der Waals surface area (Å²) in [4.78, 5) is 9.62. The largest absolute Gasteiger partial charge is 0.354 e. The fourth-order valence-corrected chi connectivity index (χ4v) is 5.96. The maximum Gasteiger partial charge on any atom is 0.158 e. The Morgan fingerprint density at radius 1 is 1.07 bits per heavy atom. The standard InChI is InChI=1S/C23H35N3O2/c1-3-11-24-21(5-1)26-14-12-25(13-15-26)18-20-17-19-7-9-23(20,10-8-19)28-22-6-2-4-16-27-22/h1,3,5,11,19-20,22H,2,4,6-10,12-18H2. The first-order valence-corrected chi connectivity index (χ1v) is 11.5. The first-order chi connectivity index (χ1) is 13.8. The molecular formula is C23H35N3O2. The van der Waals surface area contributed by atoms with Crippen LogP contribution < -0.4 is 4.90 Å². The Labute approximate surface area is 169 Å². The maximum atomic E-state index is 6.78. The van der Waals surface area contributed by atoms with Crippen molar-refractivity contribution in [3.8, 4) is 0 Å². The molecule has 0 amide bonds. The number of nitrogens with zero attached hydrogens (tertiary/aromatic N) is 3. The fraction of sp³-hybridized carbons (Fsp3) is 0.783. The van der Waals surface area contributed by atoms with Crippen LogP contribution in [0.4, 0.5) is 5.82 Å². The molecule has 2 bridgehead atoms. The number of fused-ring (bicyclic) bond motifs is 3. The molecule has 5 fully saturated rings. The minimum Gasteiger partial charge on any atom is -0.354 e. The van der Waals surface area contributed by atoms with Crippen LogP contribution in [0.5, 0.6) is 0 Å². The van der Waals surface area contributed by atoms with E-state index in [1.807, 2.05) is 12.3 Å². The third kappa shape index (κ3) is 3.94. The first kappa shape index (κ1) is 18.8. The Balaban J connectivity index is 1.20. The Kier molecular flexibility index (Phi) is 5.58. The minimum atomic E-state index is 0.0481. The van der Waals surface area contributed by atoms with Gasteiger partial charge in [-0.2, -0.15) is 0 Å². The van der Waals surface area contributed by atoms with Crippen molar-refractivity contribution in [2.24, 2.45) is 11.8 Å². The topological polar surface area (TPSA) is 37.8 Å². The summed E-state index contributed by atoms with van der Waals surface area (Å²) < 4.78 is 12.8. The molecule has 0 N–H and O–H groups in total. The van der Waals surface area contributed by atoms with Crippen LogP contribution in [0.15, 0.2) is 24.4 Å². The van der Waals surface area contributed by atoms with E-state index in [1.54, 1.807) is 0 Å². The molecule has 2 aliphatic heterocycles. The summed E-state index contributed by atoms with van der Waals surface area (Å²) in [5.41, 5.74) is 0.0783. The zero-order chi connectivity index (χ0) is 18.8. The van der Waals surface area contributed by atoms with Crippen molar-refractivity contribution in [3.63, 3.8) is 0 Å². The van der Waals surface area contributed by atoms with Gasteiger partial charge in [0.05, 0.1) is 5.60 Å². The van der Waals surface area contributed by atoms with E-state index in [1.165, 1.54) is 51.5 Å². The van der Waals surface area contributed by atoms with Crippen LogP contribution in [-0.4, -0.2) is 61.1 Å². The molecule has 1 aromatic rings. The van der Waals surface area contributed by atoms with Crippen LogP contribution in [0.1, 0.15) is 51.4 Å². The highest BCUT2D eigenvalue weighted by atomic mass is 16.7. The summed E-state index contributed by atoms with van der Waals surface area (Å²) in [6.45, 7) is 6.49. The predicted octanol–water partition coefficient (Wildman–Crippen LogP) is 3.70. The molecule has 3 heterocycles. The van der Waals surface area contributed by atoms with Gasteiger partial charge >= 0.3 is 0 Å². The van der Waals surface area contributed by atoms with Crippen LogP contribution >= 0.6 is 0 Å². The highest BCUT2D eigenvalue weighted by Crippen LogP contribution is 2.51. The van der Waals surface area contributed by atoms with E-state index in [0.29, 0.717) is 5.92 Å². The summed E-state index contributed by atoms with van der Waals surface area (Å²) >= 11 is 0. The molecule has 0 spiro atoms. The third-order valence-electron chi connectivity index (χ3n) is 7.64. The Morgan fingerprint density at radius 2 is 1.93 bits per heavy atom. The molecule has 5 aliphatic rings. The average Bonchev–Trinajstić information content (AvgIpc) is 2.77. The van der Waals surface area contributed by atoms with Crippen molar-refractivity contribution in [1.29, 1.82) is 0 Å². The monoisotopic (exact) mass is 385 g/mol. The van der Waals surface area contributed by atoms with Crippen molar-refractivity contribution < 1.29 is 9.47 Å². The quantitative estimate of drug-likeness (QED) is 0.773. The van der Waals surface area contributed by atoms with Crippen molar-refractivity contribution in [2.45, 2.75) is 63.3 Å². The van der Waals surface area contributed by atoms with Crippen LogP contribution in [0.25, 0.3) is 0 Å².